The van der Waals surface area contributed by atoms with Crippen molar-refractivity contribution in [2.75, 3.05) is 0 Å². The highest BCUT2D eigenvalue weighted by atomic mass is 16.3. The fraction of sp³-hybridized carbons (Fsp3) is 1.00. The lowest BCUT2D eigenvalue weighted by Crippen LogP contribution is -2.58. The Hall–Kier alpha value is -0.0800. The molecule has 22 heavy (non-hydrogen) atoms. The van der Waals surface area contributed by atoms with Crippen LogP contribution in [0.2, 0.25) is 0 Å². The molecule has 2 heterocycles. The summed E-state index contributed by atoms with van der Waals surface area (Å²) in [4.78, 5) is 2.71. The van der Waals surface area contributed by atoms with Crippen LogP contribution in [-0.4, -0.2) is 34.2 Å². The smallest absolute Gasteiger partial charge is 0.0693 e. The topological polar surface area (TPSA) is 23.5 Å². The normalized spacial score (nSPS) is 32.9. The lowest BCUT2D eigenvalue weighted by molar-refractivity contribution is -0.0599. The number of hydrogen-bond donors (Lipinski definition) is 1. The second kappa shape index (κ2) is 9.93. The molecular weight excluding hydrogens is 270 g/mol. The number of fused-ring (bicyclic) bond motifs is 1. The van der Waals surface area contributed by atoms with Gasteiger partial charge in [0.25, 0.3) is 0 Å². The van der Waals surface area contributed by atoms with Gasteiger partial charge in [0.05, 0.1) is 6.10 Å². The molecule has 0 radical (unpaired) electrons. The van der Waals surface area contributed by atoms with Crippen LogP contribution in [0.3, 0.4) is 0 Å². The van der Waals surface area contributed by atoms with Crippen LogP contribution >= 0.6 is 0 Å². The summed E-state index contributed by atoms with van der Waals surface area (Å²) < 4.78 is 0. The second-order valence-electron chi connectivity index (χ2n) is 7.83. The van der Waals surface area contributed by atoms with Gasteiger partial charge in [0.1, 0.15) is 0 Å². The van der Waals surface area contributed by atoms with Gasteiger partial charge in [-0.2, -0.15) is 0 Å². The van der Waals surface area contributed by atoms with Crippen LogP contribution in [-0.2, 0) is 0 Å². The van der Waals surface area contributed by atoms with Crippen LogP contribution in [0, 0.1) is 0 Å². The summed E-state index contributed by atoms with van der Waals surface area (Å²) in [5.41, 5.74) is 0. The highest BCUT2D eigenvalue weighted by molar-refractivity contribution is 4.94. The molecule has 0 aromatic rings. The van der Waals surface area contributed by atoms with Crippen LogP contribution < -0.4 is 0 Å². The summed E-state index contributed by atoms with van der Waals surface area (Å²) in [5.74, 6) is 0. The third-order valence-electron chi connectivity index (χ3n) is 6.13. The minimum atomic E-state index is -0.0876. The third-order valence-corrected chi connectivity index (χ3v) is 6.13. The maximum absolute atomic E-state index is 10.2. The molecular formula is C20H39NO. The van der Waals surface area contributed by atoms with E-state index in [0.29, 0.717) is 6.04 Å². The predicted molar refractivity (Wildman–Crippen MR) is 95.2 cm³/mol. The number of nitrogens with zero attached hydrogens (tertiary/aromatic N) is 1. The molecule has 0 aliphatic carbocycles. The molecule has 0 saturated carbocycles. The minimum Gasteiger partial charge on any atom is -0.392 e. The van der Waals surface area contributed by atoms with Crippen molar-refractivity contribution >= 4 is 0 Å². The Bertz CT molecular complexity index is 291. The Morgan fingerprint density at radius 2 is 1.55 bits per heavy atom. The Labute approximate surface area is 138 Å². The summed E-state index contributed by atoms with van der Waals surface area (Å²) in [6.45, 7) is 4.54. The SMILES string of the molecule is CCCCCCCCCC[C@@H]1CCC[C@@H]2CC[C@@H](O)[C@H](C)N12. The van der Waals surface area contributed by atoms with E-state index in [9.17, 15) is 5.11 Å². The van der Waals surface area contributed by atoms with E-state index in [1.807, 2.05) is 0 Å². The van der Waals surface area contributed by atoms with Crippen molar-refractivity contribution in [1.82, 2.24) is 4.90 Å². The van der Waals surface area contributed by atoms with Crippen LogP contribution in [0.1, 0.15) is 104 Å². The highest BCUT2D eigenvalue weighted by Gasteiger charge is 2.39. The number of aliphatic hydroxyl groups is 1. The maximum atomic E-state index is 10.2. The van der Waals surface area contributed by atoms with Gasteiger partial charge in [0.15, 0.2) is 0 Å². The molecule has 2 fully saturated rings. The number of rotatable bonds is 9. The molecule has 2 aliphatic rings. The van der Waals surface area contributed by atoms with Gasteiger partial charge in [-0.15, -0.1) is 0 Å². The average molecular weight is 310 g/mol. The molecule has 0 bridgehead atoms. The molecule has 0 spiro atoms. The van der Waals surface area contributed by atoms with Gasteiger partial charge in [-0.05, 0) is 39.0 Å². The molecule has 0 unspecified atom stereocenters. The molecule has 2 saturated heterocycles. The van der Waals surface area contributed by atoms with Gasteiger partial charge < -0.3 is 5.11 Å². The fourth-order valence-corrected chi connectivity index (χ4v) is 4.75. The molecule has 2 aliphatic heterocycles. The van der Waals surface area contributed by atoms with Crippen molar-refractivity contribution in [2.24, 2.45) is 0 Å². The first-order valence-electron chi connectivity index (χ1n) is 10.2. The van der Waals surface area contributed by atoms with Crippen molar-refractivity contribution in [3.8, 4) is 0 Å². The van der Waals surface area contributed by atoms with Crippen LogP contribution in [0.4, 0.5) is 0 Å². The number of aliphatic hydroxyl groups excluding tert-OH is 1. The van der Waals surface area contributed by atoms with Crippen molar-refractivity contribution in [2.45, 2.75) is 128 Å². The maximum Gasteiger partial charge on any atom is 0.0693 e. The average Bonchev–Trinajstić information content (AvgIpc) is 2.53. The number of unbranched alkanes of at least 4 members (excludes halogenated alkanes) is 7. The Kier molecular flexibility index (Phi) is 8.24. The van der Waals surface area contributed by atoms with Gasteiger partial charge in [-0.25, -0.2) is 0 Å². The van der Waals surface area contributed by atoms with Crippen molar-refractivity contribution < 1.29 is 5.11 Å². The summed E-state index contributed by atoms with van der Waals surface area (Å²) >= 11 is 0. The molecule has 0 aromatic heterocycles. The molecule has 130 valence electrons. The summed E-state index contributed by atoms with van der Waals surface area (Å²) in [5, 5.41) is 10.2. The predicted octanol–water partition coefficient (Wildman–Crippen LogP) is 5.28. The quantitative estimate of drug-likeness (QED) is 0.585. The molecule has 2 rings (SSSR count). The Morgan fingerprint density at radius 1 is 0.864 bits per heavy atom. The van der Waals surface area contributed by atoms with Gasteiger partial charge in [0, 0.05) is 18.1 Å². The van der Waals surface area contributed by atoms with E-state index in [2.05, 4.69) is 18.7 Å². The zero-order valence-corrected chi connectivity index (χ0v) is 15.1. The second-order valence-corrected chi connectivity index (χ2v) is 7.83. The van der Waals surface area contributed by atoms with Gasteiger partial charge >= 0.3 is 0 Å². The van der Waals surface area contributed by atoms with Crippen LogP contribution in [0.15, 0.2) is 0 Å². The van der Waals surface area contributed by atoms with Crippen molar-refractivity contribution in [3.05, 3.63) is 0 Å². The minimum absolute atomic E-state index is 0.0876. The largest absolute Gasteiger partial charge is 0.392 e. The van der Waals surface area contributed by atoms with E-state index < -0.39 is 0 Å². The molecule has 4 atom stereocenters. The molecule has 1 N–H and O–H groups in total. The van der Waals surface area contributed by atoms with Crippen LogP contribution in [0.5, 0.6) is 0 Å². The summed E-state index contributed by atoms with van der Waals surface area (Å²) in [7, 11) is 0. The van der Waals surface area contributed by atoms with Gasteiger partial charge in [-0.3, -0.25) is 4.90 Å². The van der Waals surface area contributed by atoms with Gasteiger partial charge in [0.2, 0.25) is 0 Å². The first kappa shape index (κ1) is 18.3. The standard InChI is InChI=1S/C20H39NO/c1-3-4-5-6-7-8-9-10-12-18-13-11-14-19-15-16-20(22)17(2)21(18)19/h17-20,22H,3-16H2,1-2H3/t17-,18+,19+,20+/m0/s1. The summed E-state index contributed by atoms with van der Waals surface area (Å²) in [6.07, 6.45) is 19.0. The van der Waals surface area contributed by atoms with E-state index in [1.54, 1.807) is 0 Å². The fourth-order valence-electron chi connectivity index (χ4n) is 4.75. The Morgan fingerprint density at radius 3 is 2.27 bits per heavy atom. The lowest BCUT2D eigenvalue weighted by Gasteiger charge is -2.50. The third kappa shape index (κ3) is 5.23. The van der Waals surface area contributed by atoms with Gasteiger partial charge in [-0.1, -0.05) is 64.7 Å². The van der Waals surface area contributed by atoms with E-state index in [0.717, 1.165) is 18.5 Å². The van der Waals surface area contributed by atoms with E-state index in [4.69, 9.17) is 0 Å². The first-order chi connectivity index (χ1) is 10.7. The first-order valence-corrected chi connectivity index (χ1v) is 10.2. The molecule has 2 nitrogen and oxygen atoms in total. The molecule has 2 heteroatoms. The van der Waals surface area contributed by atoms with Crippen LogP contribution in [0.25, 0.3) is 0 Å². The van der Waals surface area contributed by atoms with E-state index >= 15 is 0 Å². The zero-order chi connectivity index (χ0) is 15.8. The zero-order valence-electron chi connectivity index (χ0n) is 15.1. The molecule has 0 aromatic carbocycles. The van der Waals surface area contributed by atoms with Crippen molar-refractivity contribution in [1.29, 1.82) is 0 Å². The molecule has 0 amide bonds. The monoisotopic (exact) mass is 309 g/mol. The van der Waals surface area contributed by atoms with E-state index in [-0.39, 0.29) is 6.10 Å². The number of hydrogen-bond acceptors (Lipinski definition) is 2. The van der Waals surface area contributed by atoms with Crippen molar-refractivity contribution in [3.63, 3.8) is 0 Å². The van der Waals surface area contributed by atoms with E-state index in [1.165, 1.54) is 83.5 Å². The number of piperidine rings is 2. The highest BCUT2D eigenvalue weighted by Crippen LogP contribution is 2.35. The summed E-state index contributed by atoms with van der Waals surface area (Å²) in [6, 6.07) is 1.91. The Balaban J connectivity index is 1.64. The lowest BCUT2D eigenvalue weighted by atomic mass is 9.83.